The predicted octanol–water partition coefficient (Wildman–Crippen LogP) is 4.94. The summed E-state index contributed by atoms with van der Waals surface area (Å²) in [5.74, 6) is -1.20. The molecule has 3 heterocycles. The third-order valence-electron chi connectivity index (χ3n) is 5.83. The molecule has 1 amide bonds. The highest BCUT2D eigenvalue weighted by molar-refractivity contribution is 7.22. The van der Waals surface area contributed by atoms with Crippen LogP contribution in [0.5, 0.6) is 5.75 Å². The first-order valence-electron chi connectivity index (χ1n) is 10.6. The van der Waals surface area contributed by atoms with Crippen molar-refractivity contribution in [3.63, 3.8) is 0 Å². The van der Waals surface area contributed by atoms with E-state index in [1.165, 1.54) is 28.6 Å². The Kier molecular flexibility index (Phi) is 5.37. The molecule has 8 heteroatoms. The van der Waals surface area contributed by atoms with E-state index in [1.807, 2.05) is 26.0 Å². The summed E-state index contributed by atoms with van der Waals surface area (Å²) in [4.78, 5) is 36.8. The number of pyridine rings is 1. The minimum atomic E-state index is -0.870. The van der Waals surface area contributed by atoms with Gasteiger partial charge in [0.1, 0.15) is 11.5 Å². The summed E-state index contributed by atoms with van der Waals surface area (Å²) in [5, 5.41) is 11.6. The number of aliphatic hydroxyl groups is 1. The SMILES string of the molecule is COc1cccc([C@@H]2C(=C(O)c3ccncc3)C(=O)C(=O)N2c2nc3c(C)cc(C)cc3s2)c1. The largest absolute Gasteiger partial charge is 0.507 e. The maximum atomic E-state index is 13.4. The number of nitrogens with zero attached hydrogens (tertiary/aromatic N) is 3. The number of ketones is 1. The molecular formula is C26H21N3O4S. The fourth-order valence-electron chi connectivity index (χ4n) is 4.28. The zero-order valence-electron chi connectivity index (χ0n) is 18.8. The van der Waals surface area contributed by atoms with E-state index in [2.05, 4.69) is 4.98 Å². The van der Waals surface area contributed by atoms with E-state index in [1.54, 1.807) is 43.5 Å². The van der Waals surface area contributed by atoms with Crippen molar-refractivity contribution in [3.8, 4) is 5.75 Å². The minimum absolute atomic E-state index is 0.00314. The van der Waals surface area contributed by atoms with Gasteiger partial charge in [-0.1, -0.05) is 29.5 Å². The molecule has 1 atom stereocenters. The number of aliphatic hydroxyl groups excluding tert-OH is 1. The summed E-state index contributed by atoms with van der Waals surface area (Å²) in [6.45, 7) is 3.97. The van der Waals surface area contributed by atoms with E-state index in [0.29, 0.717) is 22.0 Å². The Morgan fingerprint density at radius 3 is 2.59 bits per heavy atom. The van der Waals surface area contributed by atoms with Crippen molar-refractivity contribution in [2.75, 3.05) is 12.0 Å². The number of anilines is 1. The highest BCUT2D eigenvalue weighted by Gasteiger charge is 2.48. The van der Waals surface area contributed by atoms with E-state index in [0.717, 1.165) is 21.3 Å². The molecule has 1 aliphatic heterocycles. The molecule has 1 N–H and O–H groups in total. The number of carbonyl (C=O) groups is 2. The summed E-state index contributed by atoms with van der Waals surface area (Å²) < 4.78 is 6.30. The Balaban J connectivity index is 1.76. The molecule has 0 unspecified atom stereocenters. The highest BCUT2D eigenvalue weighted by atomic mass is 32.1. The molecule has 0 bridgehead atoms. The maximum absolute atomic E-state index is 13.4. The number of ether oxygens (including phenoxy) is 1. The average Bonchev–Trinajstić information content (AvgIpc) is 3.38. The van der Waals surface area contributed by atoms with E-state index >= 15 is 0 Å². The second-order valence-electron chi connectivity index (χ2n) is 8.11. The third-order valence-corrected chi connectivity index (χ3v) is 6.83. The minimum Gasteiger partial charge on any atom is -0.507 e. The zero-order valence-corrected chi connectivity index (χ0v) is 19.6. The number of amides is 1. The van der Waals surface area contributed by atoms with Gasteiger partial charge >= 0.3 is 5.91 Å². The lowest BCUT2D eigenvalue weighted by atomic mass is 9.95. The molecular weight excluding hydrogens is 450 g/mol. The van der Waals surface area contributed by atoms with Crippen LogP contribution >= 0.6 is 11.3 Å². The number of aromatic nitrogens is 2. The number of methoxy groups -OCH3 is 1. The van der Waals surface area contributed by atoms with Crippen LogP contribution < -0.4 is 9.64 Å². The number of benzene rings is 2. The lowest BCUT2D eigenvalue weighted by molar-refractivity contribution is -0.132. The number of hydrogen-bond acceptors (Lipinski definition) is 7. The first-order valence-corrected chi connectivity index (χ1v) is 11.4. The summed E-state index contributed by atoms with van der Waals surface area (Å²) in [6, 6.07) is 13.5. The second kappa shape index (κ2) is 8.39. The molecule has 2 aromatic carbocycles. The average molecular weight is 472 g/mol. The molecule has 1 fully saturated rings. The Morgan fingerprint density at radius 1 is 1.09 bits per heavy atom. The van der Waals surface area contributed by atoms with E-state index in [4.69, 9.17) is 9.72 Å². The van der Waals surface area contributed by atoms with Crippen molar-refractivity contribution in [2.24, 2.45) is 0 Å². The van der Waals surface area contributed by atoms with Crippen LogP contribution in [0.1, 0.15) is 28.3 Å². The normalized spacial score (nSPS) is 17.5. The molecule has 7 nitrogen and oxygen atoms in total. The van der Waals surface area contributed by atoms with Crippen molar-refractivity contribution in [3.05, 3.63) is 88.8 Å². The molecule has 0 aliphatic carbocycles. The Bertz CT molecular complexity index is 1480. The van der Waals surface area contributed by atoms with Gasteiger partial charge in [0.2, 0.25) is 0 Å². The topological polar surface area (TPSA) is 92.6 Å². The van der Waals surface area contributed by atoms with Crippen LogP contribution in [0.4, 0.5) is 5.13 Å². The summed E-state index contributed by atoms with van der Waals surface area (Å²) in [7, 11) is 1.55. The smallest absolute Gasteiger partial charge is 0.301 e. The van der Waals surface area contributed by atoms with Crippen LogP contribution in [0.25, 0.3) is 16.0 Å². The molecule has 170 valence electrons. The predicted molar refractivity (Wildman–Crippen MR) is 131 cm³/mol. The van der Waals surface area contributed by atoms with Gasteiger partial charge in [-0.3, -0.25) is 19.5 Å². The number of thiazole rings is 1. The number of fused-ring (bicyclic) bond motifs is 1. The van der Waals surface area contributed by atoms with Crippen molar-refractivity contribution in [1.29, 1.82) is 0 Å². The number of Topliss-reactive ketones (excluding diaryl/α,β-unsaturated/α-hetero) is 1. The van der Waals surface area contributed by atoms with E-state index in [9.17, 15) is 14.7 Å². The summed E-state index contributed by atoms with van der Waals surface area (Å²) >= 11 is 1.34. The molecule has 5 rings (SSSR count). The van der Waals surface area contributed by atoms with E-state index in [-0.39, 0.29) is 11.3 Å². The van der Waals surface area contributed by atoms with Crippen molar-refractivity contribution in [2.45, 2.75) is 19.9 Å². The lowest BCUT2D eigenvalue weighted by Gasteiger charge is -2.23. The fraction of sp³-hybridized carbons (Fsp3) is 0.154. The molecule has 1 aliphatic rings. The molecule has 0 saturated carbocycles. The number of rotatable bonds is 4. The van der Waals surface area contributed by atoms with Crippen LogP contribution in [0.15, 0.2) is 66.5 Å². The quantitative estimate of drug-likeness (QED) is 0.257. The van der Waals surface area contributed by atoms with Crippen LogP contribution in [0.3, 0.4) is 0 Å². The first kappa shape index (κ1) is 21.8. The molecule has 4 aromatic rings. The van der Waals surface area contributed by atoms with Crippen molar-refractivity contribution in [1.82, 2.24) is 9.97 Å². The molecule has 34 heavy (non-hydrogen) atoms. The van der Waals surface area contributed by atoms with Crippen LogP contribution in [0, 0.1) is 13.8 Å². The van der Waals surface area contributed by atoms with Gasteiger partial charge in [0.05, 0.1) is 28.9 Å². The first-order chi connectivity index (χ1) is 16.4. The van der Waals surface area contributed by atoms with E-state index < -0.39 is 17.7 Å². The van der Waals surface area contributed by atoms with Gasteiger partial charge in [0.25, 0.3) is 5.78 Å². The van der Waals surface area contributed by atoms with Gasteiger partial charge in [-0.2, -0.15) is 0 Å². The van der Waals surface area contributed by atoms with Gasteiger partial charge in [-0.25, -0.2) is 4.98 Å². The Morgan fingerprint density at radius 2 is 1.85 bits per heavy atom. The Labute approximate surface area is 200 Å². The number of aryl methyl sites for hydroxylation is 2. The van der Waals surface area contributed by atoms with Gasteiger partial charge < -0.3 is 9.84 Å². The standard InChI is InChI=1S/C26H21N3O4S/c1-14-11-15(2)21-19(12-14)34-26(28-21)29-22(17-5-4-6-18(13-17)33-3)20(24(31)25(29)32)23(30)16-7-9-27-10-8-16/h4-13,22,30H,1-3H3/t22-/m1/s1. The van der Waals surface area contributed by atoms with Crippen LogP contribution in [-0.2, 0) is 9.59 Å². The second-order valence-corrected chi connectivity index (χ2v) is 9.12. The highest BCUT2D eigenvalue weighted by Crippen LogP contribution is 2.45. The number of hydrogen-bond donors (Lipinski definition) is 1. The van der Waals surface area contributed by atoms with Crippen LogP contribution in [-0.4, -0.2) is 33.9 Å². The summed E-state index contributed by atoms with van der Waals surface area (Å²) in [5.41, 5.74) is 3.88. The number of carbonyl (C=O) groups excluding carboxylic acids is 2. The molecule has 1 saturated heterocycles. The zero-order chi connectivity index (χ0) is 24.0. The third kappa shape index (κ3) is 3.52. The lowest BCUT2D eigenvalue weighted by Crippen LogP contribution is -2.29. The molecule has 2 aromatic heterocycles. The van der Waals surface area contributed by atoms with Gasteiger partial charge in [0, 0.05) is 18.0 Å². The molecule has 0 radical (unpaired) electrons. The van der Waals surface area contributed by atoms with Crippen molar-refractivity contribution < 1.29 is 19.4 Å². The Hall–Kier alpha value is -4.04. The summed E-state index contributed by atoms with van der Waals surface area (Å²) in [6.07, 6.45) is 3.04. The van der Waals surface area contributed by atoms with Gasteiger partial charge in [0.15, 0.2) is 5.13 Å². The van der Waals surface area contributed by atoms with Crippen LogP contribution in [0.2, 0.25) is 0 Å². The fourth-order valence-corrected chi connectivity index (χ4v) is 5.45. The monoisotopic (exact) mass is 471 g/mol. The molecule has 0 spiro atoms. The van der Waals surface area contributed by atoms with Gasteiger partial charge in [-0.15, -0.1) is 0 Å². The van der Waals surface area contributed by atoms with Gasteiger partial charge in [-0.05, 0) is 60.9 Å². The maximum Gasteiger partial charge on any atom is 0.301 e. The van der Waals surface area contributed by atoms with Crippen molar-refractivity contribution >= 4 is 44.1 Å².